The number of nitrogen functional groups attached to an aromatic ring is 1. The number of hydrogen-bond donors (Lipinski definition) is 2. The topological polar surface area (TPSA) is 120 Å². The molecule has 2 aromatic carbocycles. The van der Waals surface area contributed by atoms with E-state index in [-0.39, 0.29) is 17.0 Å². The summed E-state index contributed by atoms with van der Waals surface area (Å²) in [4.78, 5) is 22.6. The number of pyridine rings is 1. The molecule has 3 aromatic heterocycles. The molecule has 0 fully saturated rings. The van der Waals surface area contributed by atoms with Crippen LogP contribution in [0.1, 0.15) is 15.9 Å². The molecular weight excluding hydrogens is 470 g/mol. The van der Waals surface area contributed by atoms with Crippen molar-refractivity contribution in [3.63, 3.8) is 0 Å². The van der Waals surface area contributed by atoms with Crippen LogP contribution in [0.2, 0.25) is 0 Å². The van der Waals surface area contributed by atoms with E-state index in [2.05, 4.69) is 15.3 Å². The number of carbonyl (C=O) groups excluding carboxylic acids is 1. The SMILES string of the molecule is Cn1cnc2c(N)nc3cc(-c4cccc(CNC(=O)c5ccccc5S(C)(=O)=O)c4)sc3c21. The van der Waals surface area contributed by atoms with Crippen LogP contribution in [-0.4, -0.2) is 35.1 Å². The van der Waals surface area contributed by atoms with E-state index in [1.807, 2.05) is 41.9 Å². The van der Waals surface area contributed by atoms with Gasteiger partial charge < -0.3 is 15.6 Å². The quantitative estimate of drug-likeness (QED) is 0.386. The standard InChI is InChI=1S/C24H21N5O3S2/c1-29-13-27-20-21(29)22-17(28-23(20)25)11-18(33-22)15-7-5-6-14(10-15)12-26-24(30)16-8-3-4-9-19(16)34(2,31)32/h3-11,13H,12H2,1-2H3,(H2,25,28)(H,26,30). The van der Waals surface area contributed by atoms with Gasteiger partial charge in [-0.25, -0.2) is 18.4 Å². The smallest absolute Gasteiger partial charge is 0.252 e. The molecule has 3 N–H and O–H groups in total. The van der Waals surface area contributed by atoms with E-state index in [1.54, 1.807) is 29.8 Å². The Bertz CT molecular complexity index is 1690. The number of amides is 1. The molecule has 0 aliphatic heterocycles. The van der Waals surface area contributed by atoms with Gasteiger partial charge in [0.15, 0.2) is 15.7 Å². The van der Waals surface area contributed by atoms with Crippen molar-refractivity contribution in [1.29, 1.82) is 0 Å². The van der Waals surface area contributed by atoms with Crippen LogP contribution in [0.25, 0.3) is 31.7 Å². The molecule has 0 saturated carbocycles. The molecule has 5 aromatic rings. The Morgan fingerprint density at radius 2 is 1.94 bits per heavy atom. The summed E-state index contributed by atoms with van der Waals surface area (Å²) in [5.41, 5.74) is 10.6. The highest BCUT2D eigenvalue weighted by Gasteiger charge is 2.18. The normalized spacial score (nSPS) is 11.8. The first-order valence-electron chi connectivity index (χ1n) is 10.4. The van der Waals surface area contributed by atoms with Gasteiger partial charge in [-0.15, -0.1) is 11.3 Å². The number of aryl methyl sites for hydroxylation is 1. The third-order valence-electron chi connectivity index (χ3n) is 5.54. The molecule has 3 heterocycles. The summed E-state index contributed by atoms with van der Waals surface area (Å²) in [5, 5.41) is 2.83. The molecule has 0 radical (unpaired) electrons. The van der Waals surface area contributed by atoms with Gasteiger partial charge in [-0.05, 0) is 35.4 Å². The zero-order valence-corrected chi connectivity index (χ0v) is 20.1. The number of aromatic nitrogens is 3. The number of benzene rings is 2. The first kappa shape index (κ1) is 22.1. The van der Waals surface area contributed by atoms with E-state index in [1.165, 1.54) is 12.1 Å². The van der Waals surface area contributed by atoms with E-state index in [9.17, 15) is 13.2 Å². The van der Waals surface area contributed by atoms with Crippen LogP contribution in [0, 0.1) is 0 Å². The second kappa shape index (κ2) is 8.23. The molecule has 0 aliphatic rings. The molecule has 0 spiro atoms. The minimum atomic E-state index is -3.52. The van der Waals surface area contributed by atoms with Crippen molar-refractivity contribution in [2.24, 2.45) is 7.05 Å². The van der Waals surface area contributed by atoms with Gasteiger partial charge >= 0.3 is 0 Å². The van der Waals surface area contributed by atoms with E-state index >= 15 is 0 Å². The second-order valence-corrected chi connectivity index (χ2v) is 11.1. The predicted octanol–water partition coefficient (Wildman–Crippen LogP) is 3.77. The Hall–Kier alpha value is -3.76. The Morgan fingerprint density at radius 3 is 2.74 bits per heavy atom. The van der Waals surface area contributed by atoms with Gasteiger partial charge in [0.25, 0.3) is 5.91 Å². The van der Waals surface area contributed by atoms with E-state index in [4.69, 9.17) is 5.73 Å². The van der Waals surface area contributed by atoms with Gasteiger partial charge in [-0.2, -0.15) is 0 Å². The van der Waals surface area contributed by atoms with Crippen molar-refractivity contribution in [3.8, 4) is 10.4 Å². The number of thiophene rings is 1. The Morgan fingerprint density at radius 1 is 1.15 bits per heavy atom. The number of carbonyl (C=O) groups is 1. The summed E-state index contributed by atoms with van der Waals surface area (Å²) < 4.78 is 27.0. The third-order valence-corrected chi connectivity index (χ3v) is 7.88. The summed E-state index contributed by atoms with van der Waals surface area (Å²) in [7, 11) is -1.59. The van der Waals surface area contributed by atoms with Gasteiger partial charge in [-0.1, -0.05) is 30.3 Å². The Kier molecular flexibility index (Phi) is 5.34. The summed E-state index contributed by atoms with van der Waals surface area (Å²) in [6, 6.07) is 16.0. The molecule has 5 rings (SSSR count). The molecule has 34 heavy (non-hydrogen) atoms. The maximum Gasteiger partial charge on any atom is 0.252 e. The lowest BCUT2D eigenvalue weighted by atomic mass is 10.1. The van der Waals surface area contributed by atoms with Crippen LogP contribution < -0.4 is 11.1 Å². The lowest BCUT2D eigenvalue weighted by Crippen LogP contribution is -2.24. The van der Waals surface area contributed by atoms with Gasteiger partial charge in [0, 0.05) is 24.7 Å². The molecule has 0 saturated heterocycles. The van der Waals surface area contributed by atoms with E-state index in [0.29, 0.717) is 11.3 Å². The van der Waals surface area contributed by atoms with Gasteiger partial charge in [-0.3, -0.25) is 4.79 Å². The highest BCUT2D eigenvalue weighted by atomic mass is 32.2. The minimum Gasteiger partial charge on any atom is -0.382 e. The summed E-state index contributed by atoms with van der Waals surface area (Å²) in [6.45, 7) is 0.257. The predicted molar refractivity (Wildman–Crippen MR) is 134 cm³/mol. The van der Waals surface area contributed by atoms with Crippen molar-refractivity contribution < 1.29 is 13.2 Å². The molecule has 172 valence electrons. The first-order valence-corrected chi connectivity index (χ1v) is 13.1. The van der Waals surface area contributed by atoms with Gasteiger partial charge in [0.1, 0.15) is 5.52 Å². The average Bonchev–Trinajstić information content (AvgIpc) is 3.41. The lowest BCUT2D eigenvalue weighted by Gasteiger charge is -2.09. The van der Waals surface area contributed by atoms with Crippen molar-refractivity contribution in [3.05, 3.63) is 72.1 Å². The van der Waals surface area contributed by atoms with Crippen molar-refractivity contribution in [2.45, 2.75) is 11.4 Å². The van der Waals surface area contributed by atoms with E-state index < -0.39 is 15.7 Å². The molecule has 1 amide bonds. The number of sulfone groups is 1. The number of nitrogens with one attached hydrogen (secondary N) is 1. The number of anilines is 1. The van der Waals surface area contributed by atoms with Gasteiger partial charge in [0.2, 0.25) is 0 Å². The van der Waals surface area contributed by atoms with E-state index in [0.717, 1.165) is 38.0 Å². The molecule has 0 atom stereocenters. The average molecular weight is 492 g/mol. The maximum atomic E-state index is 12.7. The molecule has 10 heteroatoms. The first-order chi connectivity index (χ1) is 16.2. The Labute approximate surface area is 200 Å². The number of hydrogen-bond acceptors (Lipinski definition) is 7. The third kappa shape index (κ3) is 3.91. The van der Waals surface area contributed by atoms with Crippen molar-refractivity contribution >= 4 is 54.1 Å². The largest absolute Gasteiger partial charge is 0.382 e. The fourth-order valence-corrected chi connectivity index (χ4v) is 6.00. The fraction of sp³-hybridized carbons (Fsp3) is 0.125. The number of imidazole rings is 1. The summed E-state index contributed by atoms with van der Waals surface area (Å²) in [6.07, 6.45) is 2.82. The van der Waals surface area contributed by atoms with Crippen LogP contribution in [0.3, 0.4) is 0 Å². The number of fused-ring (bicyclic) bond motifs is 3. The van der Waals surface area contributed by atoms with Crippen LogP contribution in [-0.2, 0) is 23.4 Å². The molecule has 0 aliphatic carbocycles. The fourth-order valence-electron chi connectivity index (χ4n) is 3.93. The van der Waals surface area contributed by atoms with Crippen LogP contribution in [0.4, 0.5) is 5.82 Å². The molecule has 0 unspecified atom stereocenters. The monoisotopic (exact) mass is 491 g/mol. The Balaban J connectivity index is 1.43. The molecular formula is C24H21N5O3S2. The van der Waals surface area contributed by atoms with Gasteiger partial charge in [0.05, 0.1) is 32.5 Å². The highest BCUT2D eigenvalue weighted by Crippen LogP contribution is 2.38. The highest BCUT2D eigenvalue weighted by molar-refractivity contribution is 7.90. The number of nitrogens with two attached hydrogens (primary N) is 1. The van der Waals surface area contributed by atoms with Crippen LogP contribution in [0.15, 0.2) is 65.8 Å². The van der Waals surface area contributed by atoms with Crippen molar-refractivity contribution in [2.75, 3.05) is 12.0 Å². The lowest BCUT2D eigenvalue weighted by molar-refractivity contribution is 0.0947. The summed E-state index contributed by atoms with van der Waals surface area (Å²) >= 11 is 1.61. The zero-order chi connectivity index (χ0) is 24.0. The molecule has 8 nitrogen and oxygen atoms in total. The number of rotatable bonds is 5. The molecule has 0 bridgehead atoms. The van der Waals surface area contributed by atoms with Crippen LogP contribution in [0.5, 0.6) is 0 Å². The van der Waals surface area contributed by atoms with Crippen LogP contribution >= 0.6 is 11.3 Å². The second-order valence-electron chi connectivity index (χ2n) is 8.03. The number of nitrogens with zero attached hydrogens (tertiary/aromatic N) is 3. The minimum absolute atomic E-state index is 0.0137. The zero-order valence-electron chi connectivity index (χ0n) is 18.4. The van der Waals surface area contributed by atoms with Crippen molar-refractivity contribution in [1.82, 2.24) is 19.9 Å². The summed E-state index contributed by atoms with van der Waals surface area (Å²) in [5.74, 6) is -0.0372. The maximum absolute atomic E-state index is 12.7.